The van der Waals surface area contributed by atoms with Gasteiger partial charge in [-0.2, -0.15) is 5.26 Å². The van der Waals surface area contributed by atoms with Gasteiger partial charge < -0.3 is 10.1 Å². The molecule has 28 heavy (non-hydrogen) atoms. The van der Waals surface area contributed by atoms with Gasteiger partial charge >= 0.3 is 0 Å². The summed E-state index contributed by atoms with van der Waals surface area (Å²) in [5, 5.41) is 22.9. The van der Waals surface area contributed by atoms with Gasteiger partial charge in [-0.1, -0.05) is 15.9 Å². The summed E-state index contributed by atoms with van der Waals surface area (Å²) in [7, 11) is 0. The lowest BCUT2D eigenvalue weighted by atomic mass is 10.1. The van der Waals surface area contributed by atoms with Crippen LogP contribution in [0.5, 0.6) is 5.75 Å². The molecule has 0 radical (unpaired) electrons. The molecule has 2 aromatic carbocycles. The molecule has 0 fully saturated rings. The Hall–Kier alpha value is -2.70. The molecule has 0 saturated carbocycles. The van der Waals surface area contributed by atoms with Gasteiger partial charge in [0.05, 0.1) is 16.0 Å². The van der Waals surface area contributed by atoms with E-state index in [2.05, 4.69) is 37.2 Å². The summed E-state index contributed by atoms with van der Waals surface area (Å²) >= 11 is 6.78. The molecule has 0 aromatic heterocycles. The van der Waals surface area contributed by atoms with Crippen molar-refractivity contribution in [1.82, 2.24) is 0 Å². The third kappa shape index (κ3) is 5.18. The number of nitrogens with one attached hydrogen (secondary N) is 1. The number of nitriles is 1. The summed E-state index contributed by atoms with van der Waals surface area (Å²) < 4.78 is 7.03. The average molecular weight is 509 g/mol. The molecule has 0 bridgehead atoms. The van der Waals surface area contributed by atoms with E-state index in [1.807, 2.05) is 13.0 Å². The zero-order chi connectivity index (χ0) is 20.8. The monoisotopic (exact) mass is 507 g/mol. The first-order valence-electron chi connectivity index (χ1n) is 8.06. The van der Waals surface area contributed by atoms with E-state index < -0.39 is 10.8 Å². The van der Waals surface area contributed by atoms with Crippen LogP contribution in [0.2, 0.25) is 0 Å². The molecule has 0 atom stereocenters. The number of non-ortho nitro benzene ring substituents is 1. The molecule has 1 amide bonds. The van der Waals surface area contributed by atoms with E-state index in [0.717, 1.165) is 4.47 Å². The fourth-order valence-electron chi connectivity index (χ4n) is 2.38. The number of nitrogens with zero attached hydrogens (tertiary/aromatic N) is 2. The highest BCUT2D eigenvalue weighted by Crippen LogP contribution is 2.34. The van der Waals surface area contributed by atoms with E-state index in [4.69, 9.17) is 4.74 Å². The quantitative estimate of drug-likeness (QED) is 0.244. The fourth-order valence-corrected chi connectivity index (χ4v) is 3.75. The molecule has 0 aliphatic heterocycles. The molecule has 144 valence electrons. The Labute approximate surface area is 178 Å². The van der Waals surface area contributed by atoms with Crippen LogP contribution in [0.15, 0.2) is 44.9 Å². The van der Waals surface area contributed by atoms with E-state index in [-0.39, 0.29) is 11.3 Å². The van der Waals surface area contributed by atoms with Gasteiger partial charge in [0, 0.05) is 27.9 Å². The maximum atomic E-state index is 12.6. The summed E-state index contributed by atoms with van der Waals surface area (Å²) in [6.07, 6.45) is 1.43. The van der Waals surface area contributed by atoms with Gasteiger partial charge in [-0.3, -0.25) is 14.9 Å². The number of carbonyl (C=O) groups excluding carboxylic acids is 1. The van der Waals surface area contributed by atoms with E-state index in [0.29, 0.717) is 33.6 Å². The standard InChI is InChI=1S/C19H15Br2N3O4/c1-3-28-18-12(8-14(20)9-16(18)21)7-13(10-22)19(25)23-17-5-4-15(24(26)27)6-11(17)2/h4-9H,3H2,1-2H3,(H,23,25)/b13-7+. The summed E-state index contributed by atoms with van der Waals surface area (Å²) in [6, 6.07) is 9.49. The zero-order valence-electron chi connectivity index (χ0n) is 15.0. The molecule has 0 unspecified atom stereocenters. The maximum Gasteiger partial charge on any atom is 0.269 e. The van der Waals surface area contributed by atoms with Crippen LogP contribution in [-0.2, 0) is 4.79 Å². The molecular formula is C19H15Br2N3O4. The van der Waals surface area contributed by atoms with Crippen molar-refractivity contribution in [2.24, 2.45) is 0 Å². The number of hydrogen-bond donors (Lipinski definition) is 1. The molecule has 0 aliphatic rings. The fraction of sp³-hybridized carbons (Fsp3) is 0.158. The van der Waals surface area contributed by atoms with Gasteiger partial charge in [-0.25, -0.2) is 0 Å². The van der Waals surface area contributed by atoms with Crippen molar-refractivity contribution >= 4 is 55.2 Å². The number of anilines is 1. The third-order valence-electron chi connectivity index (χ3n) is 3.66. The number of rotatable bonds is 6. The first-order valence-corrected chi connectivity index (χ1v) is 9.65. The van der Waals surface area contributed by atoms with E-state index in [9.17, 15) is 20.2 Å². The SMILES string of the molecule is CCOc1c(Br)cc(Br)cc1/C=C(\C#N)C(=O)Nc1ccc([N+](=O)[O-])cc1C. The number of benzene rings is 2. The molecule has 7 nitrogen and oxygen atoms in total. The van der Waals surface area contributed by atoms with Crippen molar-refractivity contribution in [2.75, 3.05) is 11.9 Å². The van der Waals surface area contributed by atoms with E-state index >= 15 is 0 Å². The molecule has 0 spiro atoms. The van der Waals surface area contributed by atoms with Crippen molar-refractivity contribution in [3.8, 4) is 11.8 Å². The average Bonchev–Trinajstić information content (AvgIpc) is 2.63. The van der Waals surface area contributed by atoms with Crippen molar-refractivity contribution in [1.29, 1.82) is 5.26 Å². The van der Waals surface area contributed by atoms with Crippen LogP contribution in [-0.4, -0.2) is 17.4 Å². The summed E-state index contributed by atoms with van der Waals surface area (Å²) in [4.78, 5) is 22.9. The molecule has 0 aliphatic carbocycles. The predicted molar refractivity (Wildman–Crippen MR) is 113 cm³/mol. The van der Waals surface area contributed by atoms with Crippen LogP contribution in [0.4, 0.5) is 11.4 Å². The minimum atomic E-state index is -0.627. The molecular weight excluding hydrogens is 494 g/mol. The number of nitro groups is 1. The van der Waals surface area contributed by atoms with Gasteiger partial charge in [-0.05, 0) is 59.6 Å². The van der Waals surface area contributed by atoms with Gasteiger partial charge in [0.15, 0.2) is 0 Å². The topological polar surface area (TPSA) is 105 Å². The Morgan fingerprint density at radius 2 is 2.07 bits per heavy atom. The van der Waals surface area contributed by atoms with E-state index in [1.165, 1.54) is 24.3 Å². The lowest BCUT2D eigenvalue weighted by molar-refractivity contribution is -0.384. The number of nitro benzene ring substituents is 1. The van der Waals surface area contributed by atoms with E-state index in [1.54, 1.807) is 19.1 Å². The largest absolute Gasteiger partial charge is 0.492 e. The van der Waals surface area contributed by atoms with Gasteiger partial charge in [0.2, 0.25) is 0 Å². The van der Waals surface area contributed by atoms with Crippen LogP contribution in [0.3, 0.4) is 0 Å². The van der Waals surface area contributed by atoms with Crippen LogP contribution in [0, 0.1) is 28.4 Å². The first-order chi connectivity index (χ1) is 13.3. The third-order valence-corrected chi connectivity index (χ3v) is 4.71. The number of aryl methyl sites for hydroxylation is 1. The molecule has 0 heterocycles. The number of ether oxygens (including phenoxy) is 1. The first kappa shape index (κ1) is 21.6. The number of carbonyl (C=O) groups is 1. The van der Waals surface area contributed by atoms with Crippen LogP contribution in [0.25, 0.3) is 6.08 Å². The molecule has 1 N–H and O–H groups in total. The van der Waals surface area contributed by atoms with Gasteiger partial charge in [-0.15, -0.1) is 0 Å². The van der Waals surface area contributed by atoms with Crippen LogP contribution >= 0.6 is 31.9 Å². The lowest BCUT2D eigenvalue weighted by Gasteiger charge is -2.11. The second-order valence-corrected chi connectivity index (χ2v) is 7.39. The van der Waals surface area contributed by atoms with Crippen molar-refractivity contribution < 1.29 is 14.5 Å². The summed E-state index contributed by atoms with van der Waals surface area (Å²) in [5.41, 5.74) is 1.24. The van der Waals surface area contributed by atoms with Crippen molar-refractivity contribution in [3.63, 3.8) is 0 Å². The van der Waals surface area contributed by atoms with Gasteiger partial charge in [0.25, 0.3) is 11.6 Å². The normalized spacial score (nSPS) is 10.9. The Bertz CT molecular complexity index is 1010. The predicted octanol–water partition coefficient (Wildman–Crippen LogP) is 5.37. The van der Waals surface area contributed by atoms with Crippen LogP contribution < -0.4 is 10.1 Å². The minimum absolute atomic E-state index is 0.0770. The molecule has 9 heteroatoms. The number of amides is 1. The number of hydrogen-bond acceptors (Lipinski definition) is 5. The second kappa shape index (κ2) is 9.48. The Balaban J connectivity index is 2.37. The Morgan fingerprint density at radius 1 is 1.36 bits per heavy atom. The highest BCUT2D eigenvalue weighted by Gasteiger charge is 2.16. The highest BCUT2D eigenvalue weighted by molar-refractivity contribution is 9.11. The number of halogens is 2. The summed E-state index contributed by atoms with van der Waals surface area (Å²) in [6.45, 7) is 3.88. The van der Waals surface area contributed by atoms with Crippen LogP contribution in [0.1, 0.15) is 18.1 Å². The smallest absolute Gasteiger partial charge is 0.269 e. The minimum Gasteiger partial charge on any atom is -0.492 e. The van der Waals surface area contributed by atoms with Crippen molar-refractivity contribution in [2.45, 2.75) is 13.8 Å². The highest BCUT2D eigenvalue weighted by atomic mass is 79.9. The lowest BCUT2D eigenvalue weighted by Crippen LogP contribution is -2.14. The second-order valence-electron chi connectivity index (χ2n) is 5.62. The molecule has 2 rings (SSSR count). The molecule has 0 saturated heterocycles. The Morgan fingerprint density at radius 3 is 2.64 bits per heavy atom. The maximum absolute atomic E-state index is 12.6. The Kier molecular flexibility index (Phi) is 7.31. The van der Waals surface area contributed by atoms with Crippen molar-refractivity contribution in [3.05, 3.63) is 66.1 Å². The zero-order valence-corrected chi connectivity index (χ0v) is 18.1. The van der Waals surface area contributed by atoms with Gasteiger partial charge in [0.1, 0.15) is 17.4 Å². The molecule has 2 aromatic rings. The summed E-state index contributed by atoms with van der Waals surface area (Å²) in [5.74, 6) is -0.115.